The van der Waals surface area contributed by atoms with Crippen LogP contribution in [0.4, 0.5) is 10.8 Å². The maximum Gasteiger partial charge on any atom is 0.231 e. The van der Waals surface area contributed by atoms with Crippen molar-refractivity contribution in [3.8, 4) is 11.5 Å². The zero-order valence-electron chi connectivity index (χ0n) is 13.3. The number of rotatable bonds is 3. The van der Waals surface area contributed by atoms with Gasteiger partial charge in [-0.15, -0.1) is 0 Å². The Morgan fingerprint density at radius 3 is 2.88 bits per heavy atom. The number of amides is 1. The molecule has 1 saturated heterocycles. The smallest absolute Gasteiger partial charge is 0.231 e. The van der Waals surface area contributed by atoms with Gasteiger partial charge in [0.25, 0.3) is 0 Å². The minimum atomic E-state index is -0.0302. The van der Waals surface area contributed by atoms with Crippen molar-refractivity contribution in [3.05, 3.63) is 42.5 Å². The normalized spacial score (nSPS) is 16.1. The van der Waals surface area contributed by atoms with Crippen LogP contribution in [0.1, 0.15) is 0 Å². The lowest BCUT2D eigenvalue weighted by Gasteiger charge is -2.37. The van der Waals surface area contributed by atoms with Crippen LogP contribution in [-0.4, -0.2) is 30.8 Å². The largest absolute Gasteiger partial charge is 0.454 e. The summed E-state index contributed by atoms with van der Waals surface area (Å²) in [5, 5.41) is 3.93. The number of hydrogen-bond acceptors (Lipinski definition) is 6. The van der Waals surface area contributed by atoms with Gasteiger partial charge in [0, 0.05) is 24.8 Å². The first-order chi connectivity index (χ1) is 12.3. The number of nitrogens with zero attached hydrogens (tertiary/aromatic N) is 2. The molecule has 0 bridgehead atoms. The van der Waals surface area contributed by atoms with E-state index in [1.807, 2.05) is 30.3 Å². The molecule has 1 aromatic heterocycles. The zero-order chi connectivity index (χ0) is 16.8. The molecular formula is C18H15N3O3S. The van der Waals surface area contributed by atoms with E-state index in [2.05, 4.69) is 21.3 Å². The third-order valence-electron chi connectivity index (χ3n) is 4.45. The average Bonchev–Trinajstić information content (AvgIpc) is 3.18. The Morgan fingerprint density at radius 1 is 1.16 bits per heavy atom. The van der Waals surface area contributed by atoms with Gasteiger partial charge in [-0.05, 0) is 24.3 Å². The van der Waals surface area contributed by atoms with Crippen LogP contribution in [0.15, 0.2) is 42.5 Å². The maximum atomic E-state index is 12.4. The summed E-state index contributed by atoms with van der Waals surface area (Å²) in [5.41, 5.74) is 1.74. The van der Waals surface area contributed by atoms with E-state index in [4.69, 9.17) is 9.47 Å². The van der Waals surface area contributed by atoms with Crippen LogP contribution in [0.3, 0.4) is 0 Å². The van der Waals surface area contributed by atoms with Crippen molar-refractivity contribution < 1.29 is 14.3 Å². The van der Waals surface area contributed by atoms with Crippen molar-refractivity contribution in [2.24, 2.45) is 5.92 Å². The molecule has 2 aromatic carbocycles. The molecule has 0 spiro atoms. The standard InChI is InChI=1S/C18H15N3O3S/c22-17(19-12-5-6-14-15(7-12)24-10-23-14)11-8-21(9-11)18-20-13-3-1-2-4-16(13)25-18/h1-7,11H,8-10H2,(H,19,22). The number of nitrogens with one attached hydrogen (secondary N) is 1. The Kier molecular flexibility index (Phi) is 3.27. The molecule has 0 aliphatic carbocycles. The fourth-order valence-corrected chi connectivity index (χ4v) is 4.00. The summed E-state index contributed by atoms with van der Waals surface area (Å²) in [4.78, 5) is 19.2. The number of carbonyl (C=O) groups is 1. The fourth-order valence-electron chi connectivity index (χ4n) is 3.01. The van der Waals surface area contributed by atoms with Gasteiger partial charge in [0.05, 0.1) is 16.1 Å². The predicted molar refractivity (Wildman–Crippen MR) is 96.5 cm³/mol. The number of aromatic nitrogens is 1. The highest BCUT2D eigenvalue weighted by Gasteiger charge is 2.34. The van der Waals surface area contributed by atoms with Crippen molar-refractivity contribution in [2.75, 3.05) is 30.1 Å². The molecule has 1 amide bonds. The van der Waals surface area contributed by atoms with Crippen LogP contribution in [0.2, 0.25) is 0 Å². The topological polar surface area (TPSA) is 63.7 Å². The molecule has 0 unspecified atom stereocenters. The van der Waals surface area contributed by atoms with E-state index in [0.717, 1.165) is 16.3 Å². The molecule has 1 N–H and O–H groups in total. The second-order valence-electron chi connectivity index (χ2n) is 6.12. The van der Waals surface area contributed by atoms with Crippen LogP contribution in [-0.2, 0) is 4.79 Å². The number of para-hydroxylation sites is 1. The number of fused-ring (bicyclic) bond motifs is 2. The van der Waals surface area contributed by atoms with E-state index in [1.165, 1.54) is 4.70 Å². The Morgan fingerprint density at radius 2 is 2.00 bits per heavy atom. The molecule has 6 nitrogen and oxygen atoms in total. The Labute approximate surface area is 148 Å². The lowest BCUT2D eigenvalue weighted by molar-refractivity contribution is -0.120. The number of thiazole rings is 1. The molecule has 25 heavy (non-hydrogen) atoms. The molecule has 7 heteroatoms. The van der Waals surface area contributed by atoms with Gasteiger partial charge in [-0.25, -0.2) is 4.98 Å². The van der Waals surface area contributed by atoms with Gasteiger partial charge in [-0.1, -0.05) is 23.5 Å². The highest BCUT2D eigenvalue weighted by Crippen LogP contribution is 2.35. The first-order valence-electron chi connectivity index (χ1n) is 8.07. The molecule has 2 aliphatic heterocycles. The Hall–Kier alpha value is -2.80. The van der Waals surface area contributed by atoms with Crippen LogP contribution in [0, 0.1) is 5.92 Å². The number of anilines is 2. The van der Waals surface area contributed by atoms with E-state index < -0.39 is 0 Å². The highest BCUT2D eigenvalue weighted by molar-refractivity contribution is 7.22. The number of hydrogen-bond donors (Lipinski definition) is 1. The summed E-state index contributed by atoms with van der Waals surface area (Å²) in [6.45, 7) is 1.61. The lowest BCUT2D eigenvalue weighted by atomic mass is 10.00. The van der Waals surface area contributed by atoms with E-state index in [1.54, 1.807) is 17.4 Å². The third-order valence-corrected chi connectivity index (χ3v) is 5.54. The summed E-state index contributed by atoms with van der Waals surface area (Å²) in [6.07, 6.45) is 0. The monoisotopic (exact) mass is 353 g/mol. The van der Waals surface area contributed by atoms with Gasteiger partial charge < -0.3 is 19.7 Å². The van der Waals surface area contributed by atoms with Crippen LogP contribution < -0.4 is 19.7 Å². The zero-order valence-corrected chi connectivity index (χ0v) is 14.1. The van der Waals surface area contributed by atoms with Gasteiger partial charge in [-0.3, -0.25) is 4.79 Å². The van der Waals surface area contributed by atoms with Crippen molar-refractivity contribution in [2.45, 2.75) is 0 Å². The van der Waals surface area contributed by atoms with Crippen molar-refractivity contribution >= 4 is 38.3 Å². The molecule has 1 fully saturated rings. The maximum absolute atomic E-state index is 12.4. The van der Waals surface area contributed by atoms with Gasteiger partial charge >= 0.3 is 0 Å². The molecule has 3 aromatic rings. The molecule has 2 aliphatic rings. The molecule has 3 heterocycles. The summed E-state index contributed by atoms with van der Waals surface area (Å²) < 4.78 is 11.8. The number of benzene rings is 2. The summed E-state index contributed by atoms with van der Waals surface area (Å²) in [6, 6.07) is 13.5. The Balaban J connectivity index is 1.23. The predicted octanol–water partition coefficient (Wildman–Crippen LogP) is 3.10. The second-order valence-corrected chi connectivity index (χ2v) is 7.13. The third kappa shape index (κ3) is 2.56. The summed E-state index contributed by atoms with van der Waals surface area (Å²) in [5.74, 6) is 1.37. The highest BCUT2D eigenvalue weighted by atomic mass is 32.1. The van der Waals surface area contributed by atoms with Crippen molar-refractivity contribution in [1.29, 1.82) is 0 Å². The Bertz CT molecular complexity index is 932. The quantitative estimate of drug-likeness (QED) is 0.784. The van der Waals surface area contributed by atoms with Crippen LogP contribution in [0.25, 0.3) is 10.2 Å². The molecule has 0 saturated carbocycles. The van der Waals surface area contributed by atoms with Gasteiger partial charge in [0.15, 0.2) is 16.6 Å². The molecule has 126 valence electrons. The van der Waals surface area contributed by atoms with Gasteiger partial charge in [-0.2, -0.15) is 0 Å². The van der Waals surface area contributed by atoms with Crippen LogP contribution >= 0.6 is 11.3 Å². The number of ether oxygens (including phenoxy) is 2. The fraction of sp³-hybridized carbons (Fsp3) is 0.222. The summed E-state index contributed by atoms with van der Waals surface area (Å²) >= 11 is 1.67. The first kappa shape index (κ1) is 14.5. The minimum Gasteiger partial charge on any atom is -0.454 e. The SMILES string of the molecule is O=C(Nc1ccc2c(c1)OCO2)C1CN(c2nc3ccccc3s2)C1. The van der Waals surface area contributed by atoms with Crippen LogP contribution in [0.5, 0.6) is 11.5 Å². The van der Waals surface area contributed by atoms with Gasteiger partial charge in [0.2, 0.25) is 12.7 Å². The van der Waals surface area contributed by atoms with E-state index in [-0.39, 0.29) is 18.6 Å². The molecule has 0 radical (unpaired) electrons. The average molecular weight is 353 g/mol. The van der Waals surface area contributed by atoms with Crippen molar-refractivity contribution in [3.63, 3.8) is 0 Å². The van der Waals surface area contributed by atoms with E-state index in [9.17, 15) is 4.79 Å². The molecule has 5 rings (SSSR count). The van der Waals surface area contributed by atoms with Gasteiger partial charge in [0.1, 0.15) is 0 Å². The van der Waals surface area contributed by atoms with E-state index >= 15 is 0 Å². The molecule has 0 atom stereocenters. The molecular weight excluding hydrogens is 338 g/mol. The minimum absolute atomic E-state index is 0.0243. The first-order valence-corrected chi connectivity index (χ1v) is 8.89. The lowest BCUT2D eigenvalue weighted by Crippen LogP contribution is -2.52. The summed E-state index contributed by atoms with van der Waals surface area (Å²) in [7, 11) is 0. The van der Waals surface area contributed by atoms with E-state index in [0.29, 0.717) is 24.6 Å². The van der Waals surface area contributed by atoms with Crippen molar-refractivity contribution in [1.82, 2.24) is 4.98 Å². The number of carbonyl (C=O) groups excluding carboxylic acids is 1. The second kappa shape index (κ2) is 5.63.